The molecular formula is C16H14ClFO. The predicted molar refractivity (Wildman–Crippen MR) is 75.1 cm³/mol. The SMILES string of the molecule is O=C(CCCc1cccc(Cl)c1)c1ccc(F)cc1. The molecule has 0 saturated heterocycles. The molecule has 0 amide bonds. The molecule has 0 atom stereocenters. The number of Topliss-reactive ketones (excluding diaryl/α,β-unsaturated/α-hetero) is 1. The molecule has 3 heteroatoms. The molecule has 0 fully saturated rings. The maximum absolute atomic E-state index is 12.7. The average Bonchev–Trinajstić information content (AvgIpc) is 2.39. The van der Waals surface area contributed by atoms with E-state index in [0.29, 0.717) is 17.0 Å². The van der Waals surface area contributed by atoms with Gasteiger partial charge in [-0.05, 0) is 54.8 Å². The first-order valence-electron chi connectivity index (χ1n) is 6.18. The second kappa shape index (κ2) is 6.48. The highest BCUT2D eigenvalue weighted by atomic mass is 35.5. The smallest absolute Gasteiger partial charge is 0.162 e. The van der Waals surface area contributed by atoms with Crippen LogP contribution in [0, 0.1) is 5.82 Å². The lowest BCUT2D eigenvalue weighted by atomic mass is 10.0. The molecule has 0 N–H and O–H groups in total. The Morgan fingerprint density at radius 3 is 2.53 bits per heavy atom. The standard InChI is InChI=1S/C16H14ClFO/c17-14-5-1-3-12(11-14)4-2-6-16(19)13-7-9-15(18)10-8-13/h1,3,5,7-11H,2,4,6H2. The summed E-state index contributed by atoms with van der Waals surface area (Å²) in [7, 11) is 0. The lowest BCUT2D eigenvalue weighted by molar-refractivity contribution is 0.0980. The van der Waals surface area contributed by atoms with E-state index in [1.807, 2.05) is 24.3 Å². The van der Waals surface area contributed by atoms with Gasteiger partial charge in [0.05, 0.1) is 0 Å². The normalized spacial score (nSPS) is 10.4. The Bertz CT molecular complexity index is 563. The molecule has 1 nitrogen and oxygen atoms in total. The highest BCUT2D eigenvalue weighted by Crippen LogP contribution is 2.14. The summed E-state index contributed by atoms with van der Waals surface area (Å²) in [5.41, 5.74) is 1.69. The van der Waals surface area contributed by atoms with Crippen LogP contribution in [-0.2, 0) is 6.42 Å². The minimum Gasteiger partial charge on any atom is -0.294 e. The summed E-state index contributed by atoms with van der Waals surface area (Å²) < 4.78 is 12.7. The number of halogens is 2. The van der Waals surface area contributed by atoms with Gasteiger partial charge in [0.25, 0.3) is 0 Å². The molecule has 98 valence electrons. The van der Waals surface area contributed by atoms with E-state index in [2.05, 4.69) is 0 Å². The van der Waals surface area contributed by atoms with E-state index >= 15 is 0 Å². The van der Waals surface area contributed by atoms with Crippen molar-refractivity contribution in [2.45, 2.75) is 19.3 Å². The molecule has 19 heavy (non-hydrogen) atoms. The molecule has 0 radical (unpaired) electrons. The Labute approximate surface area is 117 Å². The van der Waals surface area contributed by atoms with Gasteiger partial charge in [0.15, 0.2) is 5.78 Å². The van der Waals surface area contributed by atoms with Crippen LogP contribution in [-0.4, -0.2) is 5.78 Å². The number of aryl methyl sites for hydroxylation is 1. The van der Waals surface area contributed by atoms with Crippen molar-refractivity contribution in [3.63, 3.8) is 0 Å². The van der Waals surface area contributed by atoms with Crippen LogP contribution in [0.2, 0.25) is 5.02 Å². The van der Waals surface area contributed by atoms with Gasteiger partial charge in [0.2, 0.25) is 0 Å². The Morgan fingerprint density at radius 2 is 1.84 bits per heavy atom. The summed E-state index contributed by atoms with van der Waals surface area (Å²) in [6.45, 7) is 0. The quantitative estimate of drug-likeness (QED) is 0.725. The maximum atomic E-state index is 12.7. The van der Waals surface area contributed by atoms with Crippen molar-refractivity contribution < 1.29 is 9.18 Å². The topological polar surface area (TPSA) is 17.1 Å². The van der Waals surface area contributed by atoms with Gasteiger partial charge in [0.1, 0.15) is 5.82 Å². The summed E-state index contributed by atoms with van der Waals surface area (Å²) in [5.74, 6) is -0.280. The van der Waals surface area contributed by atoms with Crippen molar-refractivity contribution in [3.05, 3.63) is 70.5 Å². The molecule has 0 unspecified atom stereocenters. The molecule has 0 heterocycles. The average molecular weight is 277 g/mol. The van der Waals surface area contributed by atoms with Gasteiger partial charge in [-0.15, -0.1) is 0 Å². The first-order valence-corrected chi connectivity index (χ1v) is 6.56. The summed E-state index contributed by atoms with van der Waals surface area (Å²) in [4.78, 5) is 11.9. The van der Waals surface area contributed by atoms with Crippen molar-refractivity contribution in [3.8, 4) is 0 Å². The van der Waals surface area contributed by atoms with E-state index in [1.165, 1.54) is 24.3 Å². The zero-order valence-corrected chi connectivity index (χ0v) is 11.2. The van der Waals surface area contributed by atoms with Crippen LogP contribution in [0.1, 0.15) is 28.8 Å². The van der Waals surface area contributed by atoms with Gasteiger partial charge in [-0.25, -0.2) is 4.39 Å². The lowest BCUT2D eigenvalue weighted by Gasteiger charge is -2.03. The number of ketones is 1. The predicted octanol–water partition coefficient (Wildman–Crippen LogP) is 4.68. The third-order valence-corrected chi connectivity index (χ3v) is 3.16. The molecule has 2 aromatic carbocycles. The van der Waals surface area contributed by atoms with Crippen molar-refractivity contribution in [2.24, 2.45) is 0 Å². The van der Waals surface area contributed by atoms with Crippen LogP contribution in [0.25, 0.3) is 0 Å². The Balaban J connectivity index is 1.86. The fourth-order valence-electron chi connectivity index (χ4n) is 1.93. The second-order valence-corrected chi connectivity index (χ2v) is 4.85. The van der Waals surface area contributed by atoms with Crippen molar-refractivity contribution in [1.82, 2.24) is 0 Å². The van der Waals surface area contributed by atoms with Gasteiger partial charge in [-0.1, -0.05) is 23.7 Å². The molecule has 0 aliphatic rings. The molecule has 0 aliphatic heterocycles. The van der Waals surface area contributed by atoms with E-state index in [1.54, 1.807) is 0 Å². The number of benzene rings is 2. The largest absolute Gasteiger partial charge is 0.294 e. The van der Waals surface area contributed by atoms with Crippen LogP contribution in [0.4, 0.5) is 4.39 Å². The highest BCUT2D eigenvalue weighted by Gasteiger charge is 2.05. The number of hydrogen-bond donors (Lipinski definition) is 0. The van der Waals surface area contributed by atoms with Crippen LogP contribution >= 0.6 is 11.6 Å². The monoisotopic (exact) mass is 276 g/mol. The van der Waals surface area contributed by atoms with Gasteiger partial charge < -0.3 is 0 Å². The number of hydrogen-bond acceptors (Lipinski definition) is 1. The van der Waals surface area contributed by atoms with E-state index in [0.717, 1.165) is 18.4 Å². The first-order chi connectivity index (χ1) is 9.15. The number of rotatable bonds is 5. The third-order valence-electron chi connectivity index (χ3n) is 2.92. The van der Waals surface area contributed by atoms with E-state index in [4.69, 9.17) is 11.6 Å². The molecule has 0 saturated carbocycles. The van der Waals surface area contributed by atoms with Gasteiger partial charge >= 0.3 is 0 Å². The molecular weight excluding hydrogens is 263 g/mol. The summed E-state index contributed by atoms with van der Waals surface area (Å²) in [6, 6.07) is 13.3. The molecule has 0 aliphatic carbocycles. The van der Waals surface area contributed by atoms with Gasteiger partial charge in [-0.3, -0.25) is 4.79 Å². The zero-order chi connectivity index (χ0) is 13.7. The van der Waals surface area contributed by atoms with Crippen LogP contribution in [0.3, 0.4) is 0 Å². The van der Waals surface area contributed by atoms with Crippen LogP contribution < -0.4 is 0 Å². The highest BCUT2D eigenvalue weighted by molar-refractivity contribution is 6.30. The molecule has 0 bridgehead atoms. The van der Waals surface area contributed by atoms with Crippen LogP contribution in [0.5, 0.6) is 0 Å². The number of carbonyl (C=O) groups is 1. The van der Waals surface area contributed by atoms with E-state index < -0.39 is 0 Å². The van der Waals surface area contributed by atoms with Gasteiger partial charge in [0, 0.05) is 17.0 Å². The minimum absolute atomic E-state index is 0.0435. The van der Waals surface area contributed by atoms with Gasteiger partial charge in [-0.2, -0.15) is 0 Å². The summed E-state index contributed by atoms with van der Waals surface area (Å²) in [5, 5.41) is 0.711. The van der Waals surface area contributed by atoms with Crippen molar-refractivity contribution in [2.75, 3.05) is 0 Å². The Kier molecular flexibility index (Phi) is 4.69. The molecule has 2 aromatic rings. The Morgan fingerprint density at radius 1 is 1.11 bits per heavy atom. The molecule has 2 rings (SSSR count). The maximum Gasteiger partial charge on any atom is 0.162 e. The second-order valence-electron chi connectivity index (χ2n) is 4.41. The summed E-state index contributed by atoms with van der Waals surface area (Å²) >= 11 is 5.89. The molecule has 0 spiro atoms. The summed E-state index contributed by atoms with van der Waals surface area (Å²) in [6.07, 6.45) is 2.03. The fourth-order valence-corrected chi connectivity index (χ4v) is 2.14. The van der Waals surface area contributed by atoms with E-state index in [-0.39, 0.29) is 11.6 Å². The minimum atomic E-state index is -0.324. The third kappa shape index (κ3) is 4.18. The fraction of sp³-hybridized carbons (Fsp3) is 0.188. The van der Waals surface area contributed by atoms with Crippen LogP contribution in [0.15, 0.2) is 48.5 Å². The van der Waals surface area contributed by atoms with E-state index in [9.17, 15) is 9.18 Å². The Hall–Kier alpha value is -1.67. The van der Waals surface area contributed by atoms with Crippen molar-refractivity contribution in [1.29, 1.82) is 0 Å². The van der Waals surface area contributed by atoms with Crippen molar-refractivity contribution >= 4 is 17.4 Å². The zero-order valence-electron chi connectivity index (χ0n) is 10.4. The number of carbonyl (C=O) groups excluding carboxylic acids is 1. The lowest BCUT2D eigenvalue weighted by Crippen LogP contribution is -2.00. The molecule has 0 aromatic heterocycles. The first kappa shape index (κ1) is 13.8.